The topological polar surface area (TPSA) is 37.3 Å². The van der Waals surface area contributed by atoms with Crippen molar-refractivity contribution in [3.05, 3.63) is 0 Å². The van der Waals surface area contributed by atoms with E-state index in [9.17, 15) is 9.90 Å². The van der Waals surface area contributed by atoms with Crippen molar-refractivity contribution in [3.63, 3.8) is 0 Å². The number of rotatable bonds is 3. The van der Waals surface area contributed by atoms with Crippen molar-refractivity contribution in [2.24, 2.45) is 29.1 Å². The number of fused-ring (bicyclic) bond motifs is 1. The van der Waals surface area contributed by atoms with E-state index in [1.165, 1.54) is 12.8 Å². The minimum atomic E-state index is -0.571. The van der Waals surface area contributed by atoms with Crippen LogP contribution in [0.5, 0.6) is 0 Å². The first-order chi connectivity index (χ1) is 10.2. The number of carbonyl (C=O) groups is 1. The van der Waals surface area contributed by atoms with Gasteiger partial charge in [-0.15, -0.1) is 0 Å². The van der Waals surface area contributed by atoms with Crippen LogP contribution in [0, 0.1) is 29.1 Å². The van der Waals surface area contributed by atoms with Crippen LogP contribution in [-0.2, 0) is 4.79 Å². The molecule has 0 saturated heterocycles. The lowest BCUT2D eigenvalue weighted by molar-refractivity contribution is -0.170. The highest BCUT2D eigenvalue weighted by atomic mass is 79.9. The Kier molecular flexibility index (Phi) is 5.81. The summed E-state index contributed by atoms with van der Waals surface area (Å²) >= 11 is 3.39. The maximum Gasteiger partial charge on any atom is 0.147 e. The summed E-state index contributed by atoms with van der Waals surface area (Å²) in [6.07, 6.45) is 7.49. The van der Waals surface area contributed by atoms with Gasteiger partial charge in [0.15, 0.2) is 0 Å². The molecule has 2 unspecified atom stereocenters. The zero-order valence-corrected chi connectivity index (χ0v) is 16.3. The molecule has 0 heterocycles. The highest BCUT2D eigenvalue weighted by Crippen LogP contribution is 2.63. The standard InChI is InChI=1S/C19H33BrO2/c1-5-14-15-11-18(3,22)9-6-7-13(2)8-10-19(15,4)17(14)16(21)12-20/h13-15,17,22H,5-12H2,1-4H3/t13-,14+,15?,17+,18+,19?/m0/s1. The van der Waals surface area contributed by atoms with E-state index >= 15 is 0 Å². The molecule has 2 aliphatic rings. The van der Waals surface area contributed by atoms with Gasteiger partial charge in [0, 0.05) is 5.92 Å². The van der Waals surface area contributed by atoms with Gasteiger partial charge in [-0.3, -0.25) is 4.79 Å². The Balaban J connectivity index is 2.28. The SMILES string of the molecule is CC[C@@H]1C2C[C@](C)(O)CCC[C@H](C)CCC2(C)[C@H]1C(=O)CBr. The third-order valence-corrected chi connectivity index (χ3v) is 7.25. The molecular formula is C19H33BrO2. The summed E-state index contributed by atoms with van der Waals surface area (Å²) in [4.78, 5) is 12.5. The van der Waals surface area contributed by atoms with Crippen molar-refractivity contribution < 1.29 is 9.90 Å². The highest BCUT2D eigenvalue weighted by molar-refractivity contribution is 9.09. The van der Waals surface area contributed by atoms with Gasteiger partial charge in [-0.25, -0.2) is 0 Å². The van der Waals surface area contributed by atoms with Crippen LogP contribution in [-0.4, -0.2) is 21.8 Å². The molecule has 128 valence electrons. The van der Waals surface area contributed by atoms with Crippen LogP contribution < -0.4 is 0 Å². The van der Waals surface area contributed by atoms with Crippen molar-refractivity contribution >= 4 is 21.7 Å². The molecule has 3 heteroatoms. The first kappa shape index (κ1) is 18.4. The molecule has 2 nitrogen and oxygen atoms in total. The summed E-state index contributed by atoms with van der Waals surface area (Å²) in [5, 5.41) is 11.3. The molecule has 0 aromatic heterocycles. The second kappa shape index (κ2) is 6.93. The van der Waals surface area contributed by atoms with Crippen molar-refractivity contribution in [2.45, 2.75) is 78.2 Å². The largest absolute Gasteiger partial charge is 0.390 e. The third kappa shape index (κ3) is 3.45. The second-order valence-electron chi connectivity index (χ2n) is 8.50. The van der Waals surface area contributed by atoms with Crippen molar-refractivity contribution in [1.29, 1.82) is 0 Å². The van der Waals surface area contributed by atoms with E-state index in [1.54, 1.807) is 0 Å². The van der Waals surface area contributed by atoms with Gasteiger partial charge >= 0.3 is 0 Å². The quantitative estimate of drug-likeness (QED) is 0.709. The van der Waals surface area contributed by atoms with Crippen LogP contribution in [0.4, 0.5) is 0 Å². The lowest BCUT2D eigenvalue weighted by atomic mass is 9.42. The first-order valence-corrected chi connectivity index (χ1v) is 10.2. The van der Waals surface area contributed by atoms with Gasteiger partial charge in [0.1, 0.15) is 5.78 Å². The molecule has 0 amide bonds. The van der Waals surface area contributed by atoms with Gasteiger partial charge in [-0.1, -0.05) is 62.4 Å². The molecule has 0 aliphatic heterocycles. The van der Waals surface area contributed by atoms with E-state index in [-0.39, 0.29) is 11.3 Å². The summed E-state index contributed by atoms with van der Waals surface area (Å²) in [5.74, 6) is 2.20. The Bertz CT molecular complexity index is 406. The molecule has 0 spiro atoms. The van der Waals surface area contributed by atoms with Gasteiger partial charge < -0.3 is 5.11 Å². The summed E-state index contributed by atoms with van der Waals surface area (Å²) in [7, 11) is 0. The van der Waals surface area contributed by atoms with Crippen molar-refractivity contribution in [1.82, 2.24) is 0 Å². The molecule has 0 aromatic carbocycles. The predicted molar refractivity (Wildman–Crippen MR) is 95.2 cm³/mol. The molecule has 2 fully saturated rings. The Labute approximate surface area is 144 Å². The van der Waals surface area contributed by atoms with Crippen molar-refractivity contribution in [2.75, 3.05) is 5.33 Å². The van der Waals surface area contributed by atoms with Crippen LogP contribution >= 0.6 is 15.9 Å². The Hall–Kier alpha value is 0.110. The average Bonchev–Trinajstić information content (AvgIpc) is 2.46. The van der Waals surface area contributed by atoms with E-state index in [0.717, 1.165) is 32.1 Å². The van der Waals surface area contributed by atoms with E-state index in [0.29, 0.717) is 28.9 Å². The highest BCUT2D eigenvalue weighted by Gasteiger charge is 2.60. The molecule has 2 saturated carbocycles. The molecule has 2 aliphatic carbocycles. The minimum absolute atomic E-state index is 0.0844. The maximum absolute atomic E-state index is 12.5. The van der Waals surface area contributed by atoms with Gasteiger partial charge in [0.25, 0.3) is 0 Å². The fraction of sp³-hybridized carbons (Fsp3) is 0.947. The smallest absolute Gasteiger partial charge is 0.147 e. The first-order valence-electron chi connectivity index (χ1n) is 9.06. The molecule has 1 N–H and O–H groups in total. The monoisotopic (exact) mass is 372 g/mol. The van der Waals surface area contributed by atoms with Gasteiger partial charge in [0.05, 0.1) is 10.9 Å². The third-order valence-electron chi connectivity index (χ3n) is 6.70. The fourth-order valence-corrected chi connectivity index (χ4v) is 5.72. The van der Waals surface area contributed by atoms with E-state index in [4.69, 9.17) is 0 Å². The number of alkyl halides is 1. The maximum atomic E-state index is 12.5. The molecular weight excluding hydrogens is 340 g/mol. The molecule has 22 heavy (non-hydrogen) atoms. The van der Waals surface area contributed by atoms with E-state index in [1.807, 2.05) is 6.92 Å². The second-order valence-corrected chi connectivity index (χ2v) is 9.06. The number of ketones is 1. The zero-order valence-electron chi connectivity index (χ0n) is 14.7. The number of Topliss-reactive ketones (excluding diaryl/α,β-unsaturated/α-hetero) is 1. The minimum Gasteiger partial charge on any atom is -0.390 e. The molecule has 2 rings (SSSR count). The van der Waals surface area contributed by atoms with Gasteiger partial charge in [-0.2, -0.15) is 0 Å². The average molecular weight is 373 g/mol. The van der Waals surface area contributed by atoms with Crippen molar-refractivity contribution in [3.8, 4) is 0 Å². The fourth-order valence-electron chi connectivity index (χ4n) is 5.37. The lowest BCUT2D eigenvalue weighted by Crippen LogP contribution is -2.60. The predicted octanol–water partition coefficient (Wildman–Crippen LogP) is 4.97. The summed E-state index contributed by atoms with van der Waals surface area (Å²) in [5.41, 5.74) is -0.486. The number of aliphatic hydroxyl groups is 1. The van der Waals surface area contributed by atoms with Crippen LogP contribution in [0.1, 0.15) is 72.6 Å². The Morgan fingerprint density at radius 3 is 2.55 bits per heavy atom. The summed E-state index contributed by atoms with van der Waals surface area (Å²) < 4.78 is 0. The normalized spacial score (nSPS) is 46.5. The molecule has 6 atom stereocenters. The summed E-state index contributed by atoms with van der Waals surface area (Å²) in [6, 6.07) is 0. The number of halogens is 1. The number of hydrogen-bond donors (Lipinski definition) is 1. The molecule has 0 bridgehead atoms. The molecule has 0 aromatic rings. The van der Waals surface area contributed by atoms with Gasteiger partial charge in [-0.05, 0) is 49.4 Å². The van der Waals surface area contributed by atoms with E-state index in [2.05, 4.69) is 36.7 Å². The summed E-state index contributed by atoms with van der Waals surface area (Å²) in [6.45, 7) is 8.85. The zero-order chi connectivity index (χ0) is 16.5. The van der Waals surface area contributed by atoms with Crippen LogP contribution in [0.25, 0.3) is 0 Å². The Morgan fingerprint density at radius 2 is 1.95 bits per heavy atom. The van der Waals surface area contributed by atoms with Crippen LogP contribution in [0.2, 0.25) is 0 Å². The molecule has 0 radical (unpaired) electrons. The van der Waals surface area contributed by atoms with Crippen LogP contribution in [0.3, 0.4) is 0 Å². The van der Waals surface area contributed by atoms with E-state index < -0.39 is 5.60 Å². The number of hydrogen-bond acceptors (Lipinski definition) is 2. The Morgan fingerprint density at radius 1 is 1.27 bits per heavy atom. The van der Waals surface area contributed by atoms with Crippen LogP contribution in [0.15, 0.2) is 0 Å². The lowest BCUT2D eigenvalue weighted by Gasteiger charge is -2.61. The number of carbonyl (C=O) groups excluding carboxylic acids is 1. The van der Waals surface area contributed by atoms with Gasteiger partial charge in [0.2, 0.25) is 0 Å².